The van der Waals surface area contributed by atoms with Crippen LogP contribution in [0.5, 0.6) is 5.75 Å². The maximum atomic E-state index is 12.8. The first-order valence-corrected chi connectivity index (χ1v) is 8.84. The number of β-amino-alcohol motifs (C(OH)–C–C–N with tert-alkyl or cyclic N) is 1. The zero-order valence-corrected chi connectivity index (χ0v) is 15.3. The van der Waals surface area contributed by atoms with Crippen LogP contribution < -0.4 is 0 Å². The molecule has 0 aliphatic carbocycles. The van der Waals surface area contributed by atoms with E-state index in [1.807, 2.05) is 13.0 Å². The number of hydrogen-bond acceptors (Lipinski definition) is 3. The third kappa shape index (κ3) is 4.19. The molecule has 1 amide bonds. The number of aromatic hydroxyl groups is 1. The van der Waals surface area contributed by atoms with Crippen LogP contribution in [0.3, 0.4) is 0 Å². The number of carbonyl (C=O) groups excluding carboxylic acids is 1. The molecule has 1 heterocycles. The number of benzene rings is 2. The first-order valence-electron chi connectivity index (χ1n) is 8.46. The highest BCUT2D eigenvalue weighted by Gasteiger charge is 2.34. The SMILES string of the molecule is Cc1ccc(O)c(C(=O)N2CCCC(O)(C#Cc3cccc(Cl)c3)C2)c1. The number of piperidine rings is 1. The fourth-order valence-electron chi connectivity index (χ4n) is 3.06. The Hall–Kier alpha value is -2.48. The van der Waals surface area contributed by atoms with Gasteiger partial charge in [0.1, 0.15) is 11.4 Å². The Morgan fingerprint density at radius 3 is 2.85 bits per heavy atom. The summed E-state index contributed by atoms with van der Waals surface area (Å²) in [6.07, 6.45) is 1.13. The molecule has 26 heavy (non-hydrogen) atoms. The van der Waals surface area contributed by atoms with Gasteiger partial charge in [-0.1, -0.05) is 41.1 Å². The van der Waals surface area contributed by atoms with Gasteiger partial charge in [-0.2, -0.15) is 0 Å². The smallest absolute Gasteiger partial charge is 0.257 e. The highest BCUT2D eigenvalue weighted by atomic mass is 35.5. The van der Waals surface area contributed by atoms with E-state index in [0.717, 1.165) is 5.56 Å². The van der Waals surface area contributed by atoms with E-state index in [1.165, 1.54) is 6.07 Å². The quantitative estimate of drug-likeness (QED) is 0.757. The molecular weight excluding hydrogens is 350 g/mol. The van der Waals surface area contributed by atoms with Gasteiger partial charge in [0.2, 0.25) is 0 Å². The summed E-state index contributed by atoms with van der Waals surface area (Å²) >= 11 is 5.95. The number of phenolic OH excluding ortho intramolecular Hbond substituents is 1. The molecule has 2 N–H and O–H groups in total. The Kier molecular flexibility index (Phi) is 5.22. The van der Waals surface area contributed by atoms with Crippen LogP contribution in [0.4, 0.5) is 0 Å². The predicted octanol–water partition coefficient (Wildman–Crippen LogP) is 3.37. The summed E-state index contributed by atoms with van der Waals surface area (Å²) in [6.45, 7) is 2.49. The number of aryl methyl sites for hydroxylation is 1. The minimum atomic E-state index is -1.28. The van der Waals surface area contributed by atoms with Crippen molar-refractivity contribution in [3.8, 4) is 17.6 Å². The van der Waals surface area contributed by atoms with Crippen LogP contribution in [0.25, 0.3) is 0 Å². The van der Waals surface area contributed by atoms with Crippen molar-refractivity contribution in [1.29, 1.82) is 0 Å². The molecule has 2 aromatic carbocycles. The van der Waals surface area contributed by atoms with Crippen molar-refractivity contribution in [2.75, 3.05) is 13.1 Å². The molecule has 0 bridgehead atoms. The molecule has 0 spiro atoms. The van der Waals surface area contributed by atoms with Gasteiger partial charge in [-0.3, -0.25) is 4.79 Å². The van der Waals surface area contributed by atoms with Crippen LogP contribution in [-0.2, 0) is 0 Å². The molecule has 0 aromatic heterocycles. The normalized spacial score (nSPS) is 19.6. The van der Waals surface area contributed by atoms with E-state index in [9.17, 15) is 15.0 Å². The van der Waals surface area contributed by atoms with E-state index in [4.69, 9.17) is 11.6 Å². The van der Waals surface area contributed by atoms with Gasteiger partial charge in [0.15, 0.2) is 0 Å². The van der Waals surface area contributed by atoms with Gasteiger partial charge in [-0.25, -0.2) is 0 Å². The standard InChI is InChI=1S/C21H20ClNO3/c1-15-6-7-19(24)18(12-15)20(25)23-11-3-9-21(26,14-23)10-8-16-4-2-5-17(22)13-16/h2,4-7,12-13,24,26H,3,9,11,14H2,1H3. The molecule has 1 atom stereocenters. The summed E-state index contributed by atoms with van der Waals surface area (Å²) in [4.78, 5) is 14.3. The van der Waals surface area contributed by atoms with Gasteiger partial charge in [0, 0.05) is 17.1 Å². The Labute approximate surface area is 158 Å². The zero-order valence-electron chi connectivity index (χ0n) is 14.5. The Morgan fingerprint density at radius 1 is 1.27 bits per heavy atom. The third-order valence-corrected chi connectivity index (χ3v) is 4.64. The molecule has 134 valence electrons. The van der Waals surface area contributed by atoms with E-state index in [-0.39, 0.29) is 23.8 Å². The second-order valence-corrected chi connectivity index (χ2v) is 7.08. The molecule has 0 saturated carbocycles. The minimum absolute atomic E-state index is 0.0558. The van der Waals surface area contributed by atoms with Crippen molar-refractivity contribution < 1.29 is 15.0 Å². The summed E-state index contributed by atoms with van der Waals surface area (Å²) in [5, 5.41) is 21.4. The Balaban J connectivity index is 1.80. The molecule has 1 unspecified atom stereocenters. The lowest BCUT2D eigenvalue weighted by molar-refractivity contribution is 0.0151. The summed E-state index contributed by atoms with van der Waals surface area (Å²) in [6, 6.07) is 12.0. The lowest BCUT2D eigenvalue weighted by Crippen LogP contribution is -2.49. The first-order chi connectivity index (χ1) is 12.4. The monoisotopic (exact) mass is 369 g/mol. The van der Waals surface area contributed by atoms with Crippen LogP contribution in [0.1, 0.15) is 34.3 Å². The van der Waals surface area contributed by atoms with Crippen molar-refractivity contribution in [1.82, 2.24) is 4.90 Å². The first kappa shape index (κ1) is 18.3. The molecule has 0 radical (unpaired) electrons. The number of likely N-dealkylation sites (tertiary alicyclic amines) is 1. The van der Waals surface area contributed by atoms with E-state index in [1.54, 1.807) is 35.2 Å². The fraction of sp³-hybridized carbons (Fsp3) is 0.286. The van der Waals surface area contributed by atoms with Crippen molar-refractivity contribution in [3.05, 3.63) is 64.2 Å². The summed E-state index contributed by atoms with van der Waals surface area (Å²) in [5.41, 5.74) is 0.567. The molecule has 1 fully saturated rings. The number of phenols is 1. The topological polar surface area (TPSA) is 60.8 Å². The second kappa shape index (κ2) is 7.41. The average molecular weight is 370 g/mol. The molecule has 5 heteroatoms. The van der Waals surface area contributed by atoms with Gasteiger partial charge in [-0.05, 0) is 50.1 Å². The maximum Gasteiger partial charge on any atom is 0.257 e. The number of amides is 1. The molecular formula is C21H20ClNO3. The number of rotatable bonds is 1. The number of halogens is 1. The van der Waals surface area contributed by atoms with Crippen molar-refractivity contribution in [2.45, 2.75) is 25.4 Å². The number of nitrogens with zero attached hydrogens (tertiary/aromatic N) is 1. The number of carbonyl (C=O) groups is 1. The van der Waals surface area contributed by atoms with E-state index in [2.05, 4.69) is 11.8 Å². The predicted molar refractivity (Wildman–Crippen MR) is 101 cm³/mol. The van der Waals surface area contributed by atoms with E-state index >= 15 is 0 Å². The van der Waals surface area contributed by atoms with E-state index < -0.39 is 5.60 Å². The van der Waals surface area contributed by atoms with Crippen molar-refractivity contribution in [2.24, 2.45) is 0 Å². The lowest BCUT2D eigenvalue weighted by atomic mass is 9.92. The highest BCUT2D eigenvalue weighted by molar-refractivity contribution is 6.30. The van der Waals surface area contributed by atoms with Crippen LogP contribution in [0.15, 0.2) is 42.5 Å². The lowest BCUT2D eigenvalue weighted by Gasteiger charge is -2.36. The second-order valence-electron chi connectivity index (χ2n) is 6.64. The largest absolute Gasteiger partial charge is 0.507 e. The van der Waals surface area contributed by atoms with Crippen LogP contribution in [0.2, 0.25) is 5.02 Å². The zero-order chi connectivity index (χ0) is 18.7. The van der Waals surface area contributed by atoms with Gasteiger partial charge >= 0.3 is 0 Å². The van der Waals surface area contributed by atoms with Crippen molar-refractivity contribution in [3.63, 3.8) is 0 Å². The van der Waals surface area contributed by atoms with E-state index in [0.29, 0.717) is 30.0 Å². The molecule has 1 aliphatic heterocycles. The summed E-state index contributed by atoms with van der Waals surface area (Å²) < 4.78 is 0. The van der Waals surface area contributed by atoms with Crippen LogP contribution >= 0.6 is 11.6 Å². The third-order valence-electron chi connectivity index (χ3n) is 4.40. The summed E-state index contributed by atoms with van der Waals surface area (Å²) in [5.74, 6) is 5.48. The average Bonchev–Trinajstić information content (AvgIpc) is 2.62. The maximum absolute atomic E-state index is 12.8. The Morgan fingerprint density at radius 2 is 2.08 bits per heavy atom. The van der Waals surface area contributed by atoms with Crippen molar-refractivity contribution >= 4 is 17.5 Å². The van der Waals surface area contributed by atoms with Gasteiger partial charge < -0.3 is 15.1 Å². The number of aliphatic hydroxyl groups is 1. The minimum Gasteiger partial charge on any atom is -0.507 e. The van der Waals surface area contributed by atoms with Gasteiger partial charge in [-0.15, -0.1) is 0 Å². The molecule has 1 saturated heterocycles. The Bertz CT molecular complexity index is 900. The fourth-order valence-corrected chi connectivity index (χ4v) is 3.25. The molecule has 2 aromatic rings. The summed E-state index contributed by atoms with van der Waals surface area (Å²) in [7, 11) is 0. The molecule has 3 rings (SSSR count). The van der Waals surface area contributed by atoms with Gasteiger partial charge in [0.25, 0.3) is 5.91 Å². The molecule has 1 aliphatic rings. The van der Waals surface area contributed by atoms with Crippen LogP contribution in [-0.4, -0.2) is 39.7 Å². The van der Waals surface area contributed by atoms with Crippen LogP contribution in [0, 0.1) is 18.8 Å². The van der Waals surface area contributed by atoms with Gasteiger partial charge in [0.05, 0.1) is 12.1 Å². The number of hydrogen-bond donors (Lipinski definition) is 2. The highest BCUT2D eigenvalue weighted by Crippen LogP contribution is 2.26. The molecule has 4 nitrogen and oxygen atoms in total.